The molecule has 0 amide bonds. The standard InChI is InChI=1S/C12H14N2/c1-2-10-6-12(9-14-7-10)11-4-3-5-13-8-11/h3,5-9,11H,2,4H2,1H3. The lowest BCUT2D eigenvalue weighted by atomic mass is 9.96. The van der Waals surface area contributed by atoms with Gasteiger partial charge in [-0.1, -0.05) is 19.1 Å². The first-order valence-electron chi connectivity index (χ1n) is 5.02. The van der Waals surface area contributed by atoms with Gasteiger partial charge in [0.2, 0.25) is 0 Å². The maximum atomic E-state index is 4.24. The third-order valence-electron chi connectivity index (χ3n) is 2.50. The Bertz CT molecular complexity index is 366. The average Bonchev–Trinajstić information content (AvgIpc) is 2.30. The van der Waals surface area contributed by atoms with Crippen LogP contribution >= 0.6 is 0 Å². The van der Waals surface area contributed by atoms with Gasteiger partial charge in [-0.15, -0.1) is 0 Å². The summed E-state index contributed by atoms with van der Waals surface area (Å²) in [6, 6.07) is 2.23. The summed E-state index contributed by atoms with van der Waals surface area (Å²) < 4.78 is 0. The Balaban J connectivity index is 2.23. The molecule has 0 bridgehead atoms. The van der Waals surface area contributed by atoms with Gasteiger partial charge >= 0.3 is 0 Å². The molecule has 1 aromatic rings. The molecule has 0 aromatic carbocycles. The SMILES string of the molecule is CCc1cncc(C2C=NC=CC2)c1. The lowest BCUT2D eigenvalue weighted by Gasteiger charge is -2.12. The second-order valence-corrected chi connectivity index (χ2v) is 3.51. The van der Waals surface area contributed by atoms with Crippen molar-refractivity contribution < 1.29 is 0 Å². The Morgan fingerprint density at radius 2 is 2.36 bits per heavy atom. The molecule has 0 saturated heterocycles. The van der Waals surface area contributed by atoms with Crippen molar-refractivity contribution in [3.63, 3.8) is 0 Å². The smallest absolute Gasteiger partial charge is 0.0306 e. The summed E-state index contributed by atoms with van der Waals surface area (Å²) in [5.41, 5.74) is 2.57. The second kappa shape index (κ2) is 4.18. The Morgan fingerprint density at radius 1 is 1.43 bits per heavy atom. The van der Waals surface area contributed by atoms with Gasteiger partial charge in [0, 0.05) is 30.7 Å². The molecule has 0 fully saturated rings. The zero-order chi connectivity index (χ0) is 9.80. The molecule has 0 N–H and O–H groups in total. The summed E-state index contributed by atoms with van der Waals surface area (Å²) in [6.07, 6.45) is 11.9. The molecule has 1 aromatic heterocycles. The van der Waals surface area contributed by atoms with Gasteiger partial charge in [0.15, 0.2) is 0 Å². The van der Waals surface area contributed by atoms with Crippen molar-refractivity contribution in [1.29, 1.82) is 0 Å². The Labute approximate surface area is 84.4 Å². The van der Waals surface area contributed by atoms with Gasteiger partial charge in [-0.3, -0.25) is 9.98 Å². The van der Waals surface area contributed by atoms with E-state index in [2.05, 4.69) is 29.0 Å². The van der Waals surface area contributed by atoms with Crippen LogP contribution in [-0.2, 0) is 6.42 Å². The van der Waals surface area contributed by atoms with E-state index in [1.807, 2.05) is 24.8 Å². The molecule has 1 unspecified atom stereocenters. The fraction of sp³-hybridized carbons (Fsp3) is 0.333. The number of aliphatic imine (C=N–C) groups is 1. The highest BCUT2D eigenvalue weighted by atomic mass is 14.7. The highest BCUT2D eigenvalue weighted by Gasteiger charge is 2.09. The summed E-state index contributed by atoms with van der Waals surface area (Å²) in [6.45, 7) is 2.15. The molecule has 2 heterocycles. The topological polar surface area (TPSA) is 25.2 Å². The van der Waals surface area contributed by atoms with Gasteiger partial charge in [0.25, 0.3) is 0 Å². The fourth-order valence-electron chi connectivity index (χ4n) is 1.61. The number of hydrogen-bond donors (Lipinski definition) is 0. The highest BCUT2D eigenvalue weighted by molar-refractivity contribution is 5.69. The first-order chi connectivity index (χ1) is 6.90. The summed E-state index contributed by atoms with van der Waals surface area (Å²) in [5.74, 6) is 0.416. The minimum Gasteiger partial charge on any atom is -0.269 e. The monoisotopic (exact) mass is 186 g/mol. The van der Waals surface area contributed by atoms with Crippen LogP contribution in [0.5, 0.6) is 0 Å². The second-order valence-electron chi connectivity index (χ2n) is 3.51. The molecule has 72 valence electrons. The van der Waals surface area contributed by atoms with Gasteiger partial charge in [-0.05, 0) is 24.0 Å². The first-order valence-corrected chi connectivity index (χ1v) is 5.02. The van der Waals surface area contributed by atoms with Crippen LogP contribution in [0.2, 0.25) is 0 Å². The number of nitrogens with zero attached hydrogens (tertiary/aromatic N) is 2. The maximum Gasteiger partial charge on any atom is 0.0306 e. The minimum atomic E-state index is 0.416. The predicted octanol–water partition coefficient (Wildman–Crippen LogP) is 2.72. The molecular weight excluding hydrogens is 172 g/mol. The van der Waals surface area contributed by atoms with E-state index in [1.54, 1.807) is 0 Å². The van der Waals surface area contributed by atoms with Gasteiger partial charge in [0.1, 0.15) is 0 Å². The van der Waals surface area contributed by atoms with Crippen LogP contribution in [0, 0.1) is 0 Å². The van der Waals surface area contributed by atoms with Crippen LogP contribution in [0.4, 0.5) is 0 Å². The van der Waals surface area contributed by atoms with Crippen molar-refractivity contribution >= 4 is 6.21 Å². The number of pyridine rings is 1. The van der Waals surface area contributed by atoms with Crippen LogP contribution < -0.4 is 0 Å². The van der Waals surface area contributed by atoms with Crippen molar-refractivity contribution in [2.45, 2.75) is 25.7 Å². The molecule has 0 saturated carbocycles. The van der Waals surface area contributed by atoms with Crippen molar-refractivity contribution in [3.8, 4) is 0 Å². The molecule has 0 spiro atoms. The molecule has 2 rings (SSSR count). The van der Waals surface area contributed by atoms with Crippen LogP contribution in [0.3, 0.4) is 0 Å². The summed E-state index contributed by atoms with van der Waals surface area (Å²) in [4.78, 5) is 8.40. The van der Waals surface area contributed by atoms with Crippen LogP contribution in [0.15, 0.2) is 35.7 Å². The lowest BCUT2D eigenvalue weighted by Crippen LogP contribution is -2.02. The van der Waals surface area contributed by atoms with Gasteiger partial charge in [-0.2, -0.15) is 0 Å². The van der Waals surface area contributed by atoms with Crippen molar-refractivity contribution in [1.82, 2.24) is 4.98 Å². The van der Waals surface area contributed by atoms with E-state index in [4.69, 9.17) is 0 Å². The van der Waals surface area contributed by atoms with E-state index in [0.29, 0.717) is 5.92 Å². The molecule has 1 aliphatic heterocycles. The summed E-state index contributed by atoms with van der Waals surface area (Å²) in [7, 11) is 0. The van der Waals surface area contributed by atoms with Crippen LogP contribution in [0.1, 0.15) is 30.4 Å². The number of aryl methyl sites for hydroxylation is 1. The van der Waals surface area contributed by atoms with Crippen molar-refractivity contribution in [2.24, 2.45) is 4.99 Å². The molecule has 2 nitrogen and oxygen atoms in total. The van der Waals surface area contributed by atoms with Crippen molar-refractivity contribution in [3.05, 3.63) is 41.9 Å². The zero-order valence-corrected chi connectivity index (χ0v) is 8.35. The lowest BCUT2D eigenvalue weighted by molar-refractivity contribution is 0.893. The molecule has 1 aliphatic rings. The van der Waals surface area contributed by atoms with Crippen LogP contribution in [0.25, 0.3) is 0 Å². The Morgan fingerprint density at radius 3 is 3.07 bits per heavy atom. The number of aromatic nitrogens is 1. The molecule has 1 atom stereocenters. The maximum absolute atomic E-state index is 4.24. The summed E-state index contributed by atoms with van der Waals surface area (Å²) in [5, 5.41) is 0. The van der Waals surface area contributed by atoms with Crippen molar-refractivity contribution in [2.75, 3.05) is 0 Å². The van der Waals surface area contributed by atoms with Crippen LogP contribution in [-0.4, -0.2) is 11.2 Å². The van der Waals surface area contributed by atoms with E-state index in [0.717, 1.165) is 12.8 Å². The third kappa shape index (κ3) is 1.90. The molecule has 0 aliphatic carbocycles. The average molecular weight is 186 g/mol. The van der Waals surface area contributed by atoms with Gasteiger partial charge in [-0.25, -0.2) is 0 Å². The summed E-state index contributed by atoms with van der Waals surface area (Å²) >= 11 is 0. The minimum absolute atomic E-state index is 0.416. The fourth-order valence-corrected chi connectivity index (χ4v) is 1.61. The molecule has 2 heteroatoms. The highest BCUT2D eigenvalue weighted by Crippen LogP contribution is 2.20. The number of allylic oxidation sites excluding steroid dienone is 1. The molecule has 14 heavy (non-hydrogen) atoms. The van der Waals surface area contributed by atoms with E-state index < -0.39 is 0 Å². The largest absolute Gasteiger partial charge is 0.269 e. The Hall–Kier alpha value is -1.44. The quantitative estimate of drug-likeness (QED) is 0.697. The van der Waals surface area contributed by atoms with E-state index in [9.17, 15) is 0 Å². The third-order valence-corrected chi connectivity index (χ3v) is 2.50. The zero-order valence-electron chi connectivity index (χ0n) is 8.35. The number of rotatable bonds is 2. The van der Waals surface area contributed by atoms with E-state index in [-0.39, 0.29) is 0 Å². The number of hydrogen-bond acceptors (Lipinski definition) is 2. The van der Waals surface area contributed by atoms with Gasteiger partial charge < -0.3 is 0 Å². The van der Waals surface area contributed by atoms with E-state index in [1.165, 1.54) is 11.1 Å². The predicted molar refractivity (Wildman–Crippen MR) is 58.6 cm³/mol. The van der Waals surface area contributed by atoms with E-state index >= 15 is 0 Å². The Kier molecular flexibility index (Phi) is 2.73. The molecular formula is C12H14N2. The normalized spacial score (nSPS) is 19.9. The molecule has 0 radical (unpaired) electrons. The van der Waals surface area contributed by atoms with Gasteiger partial charge in [0.05, 0.1) is 0 Å². The first kappa shape index (κ1) is 9.13.